The van der Waals surface area contributed by atoms with Crippen LogP contribution in [-0.4, -0.2) is 65.0 Å². The van der Waals surface area contributed by atoms with Gasteiger partial charge in [0.05, 0.1) is 20.3 Å². The van der Waals surface area contributed by atoms with Gasteiger partial charge in [-0.15, -0.1) is 0 Å². The first-order valence-electron chi connectivity index (χ1n) is 8.77. The van der Waals surface area contributed by atoms with Crippen LogP contribution in [-0.2, 0) is 30.7 Å². The van der Waals surface area contributed by atoms with E-state index in [9.17, 15) is 8.42 Å². The third-order valence-corrected chi connectivity index (χ3v) is 6.60. The van der Waals surface area contributed by atoms with E-state index in [4.69, 9.17) is 14.2 Å². The molecule has 1 saturated heterocycles. The molecule has 3 rings (SSSR count). The Kier molecular flexibility index (Phi) is 5.55. The summed E-state index contributed by atoms with van der Waals surface area (Å²) in [6.07, 6.45) is 0.706. The Bertz CT molecular complexity index is 752. The van der Waals surface area contributed by atoms with Crippen LogP contribution in [0.5, 0.6) is 0 Å². The molecule has 1 atom stereocenters. The second kappa shape index (κ2) is 7.54. The largest absolute Gasteiger partial charge is 0.453 e. The Morgan fingerprint density at radius 2 is 1.88 bits per heavy atom. The number of benzene rings is 1. The first kappa shape index (κ1) is 19.1. The molecule has 2 aliphatic heterocycles. The second-order valence-corrected chi connectivity index (χ2v) is 8.79. The summed E-state index contributed by atoms with van der Waals surface area (Å²) >= 11 is 0. The van der Waals surface area contributed by atoms with E-state index < -0.39 is 20.9 Å². The van der Waals surface area contributed by atoms with Gasteiger partial charge in [0.2, 0.25) is 0 Å². The molecule has 0 saturated carbocycles. The average molecular weight is 382 g/mol. The van der Waals surface area contributed by atoms with Gasteiger partial charge in [0.25, 0.3) is 10.0 Å². The van der Waals surface area contributed by atoms with Crippen molar-refractivity contribution >= 4 is 16.1 Å². The lowest BCUT2D eigenvalue weighted by Crippen LogP contribution is -2.43. The number of sulfonamides is 1. The number of nitrogens with zero attached hydrogens (tertiary/aromatic N) is 2. The van der Waals surface area contributed by atoms with Crippen molar-refractivity contribution in [1.82, 2.24) is 4.90 Å². The number of rotatable bonds is 4. The number of hydrogen-bond donors (Lipinski definition) is 0. The monoisotopic (exact) mass is 382 g/mol. The highest BCUT2D eigenvalue weighted by molar-refractivity contribution is 7.90. The van der Waals surface area contributed by atoms with Crippen molar-refractivity contribution in [2.45, 2.75) is 31.1 Å². The van der Waals surface area contributed by atoms with E-state index in [1.165, 1.54) is 12.7 Å². The van der Waals surface area contributed by atoms with Gasteiger partial charge in [0, 0.05) is 19.6 Å². The van der Waals surface area contributed by atoms with Crippen molar-refractivity contribution in [2.75, 3.05) is 40.0 Å². The molecule has 1 aromatic carbocycles. The minimum absolute atomic E-state index is 0.214. The smallest absolute Gasteiger partial charge is 0.399 e. The Hall–Kier alpha value is -1.64. The molecule has 0 radical (unpaired) electrons. The average Bonchev–Trinajstić information content (AvgIpc) is 2.60. The van der Waals surface area contributed by atoms with E-state index in [2.05, 4.69) is 9.30 Å². The molecule has 1 unspecified atom stereocenters. The van der Waals surface area contributed by atoms with E-state index in [0.29, 0.717) is 5.56 Å². The standard InChI is InChI=1S/C18H26N2O5S/c1-18(2)16(26(21,22)19-17(23-3)25-18)15-6-4-14(5-7-15)8-9-20-10-12-24-13-11-20/h4-7,16H,8-13H2,1-3H3. The summed E-state index contributed by atoms with van der Waals surface area (Å²) in [5, 5.41) is -0.873. The van der Waals surface area contributed by atoms with Crippen LogP contribution in [0, 0.1) is 0 Å². The predicted molar refractivity (Wildman–Crippen MR) is 98.7 cm³/mol. The summed E-state index contributed by atoms with van der Waals surface area (Å²) in [6, 6.07) is 7.68. The normalized spacial score (nSPS) is 25.2. The van der Waals surface area contributed by atoms with Crippen molar-refractivity contribution in [3.05, 3.63) is 35.4 Å². The first-order chi connectivity index (χ1) is 12.3. The highest BCUT2D eigenvalue weighted by Crippen LogP contribution is 2.40. The highest BCUT2D eigenvalue weighted by Gasteiger charge is 2.47. The molecule has 2 heterocycles. The molecule has 0 bridgehead atoms. The predicted octanol–water partition coefficient (Wildman–Crippen LogP) is 1.74. The van der Waals surface area contributed by atoms with Crippen molar-refractivity contribution in [3.8, 4) is 0 Å². The van der Waals surface area contributed by atoms with Gasteiger partial charge in [-0.05, 0) is 31.4 Å². The molecule has 144 valence electrons. The molecule has 8 heteroatoms. The van der Waals surface area contributed by atoms with E-state index >= 15 is 0 Å². The van der Waals surface area contributed by atoms with Gasteiger partial charge < -0.3 is 14.2 Å². The lowest BCUT2D eigenvalue weighted by molar-refractivity contribution is 0.0384. The van der Waals surface area contributed by atoms with Crippen LogP contribution < -0.4 is 0 Å². The fraction of sp³-hybridized carbons (Fsp3) is 0.611. The number of hydrogen-bond acceptors (Lipinski definition) is 6. The first-order valence-corrected chi connectivity index (χ1v) is 10.3. The maximum atomic E-state index is 12.6. The fourth-order valence-corrected chi connectivity index (χ4v) is 5.13. The third-order valence-electron chi connectivity index (χ3n) is 4.76. The second-order valence-electron chi connectivity index (χ2n) is 7.11. The molecule has 26 heavy (non-hydrogen) atoms. The lowest BCUT2D eigenvalue weighted by Gasteiger charge is -2.36. The minimum atomic E-state index is -3.77. The van der Waals surface area contributed by atoms with Crippen molar-refractivity contribution < 1.29 is 22.6 Å². The van der Waals surface area contributed by atoms with Crippen LogP contribution in [0.25, 0.3) is 0 Å². The molecule has 1 fully saturated rings. The number of ether oxygens (including phenoxy) is 3. The van der Waals surface area contributed by atoms with Crippen molar-refractivity contribution in [3.63, 3.8) is 0 Å². The molecule has 0 spiro atoms. The van der Waals surface area contributed by atoms with Crippen LogP contribution in [0.1, 0.15) is 30.2 Å². The molecule has 0 N–H and O–H groups in total. The van der Waals surface area contributed by atoms with Gasteiger partial charge in [-0.1, -0.05) is 28.7 Å². The van der Waals surface area contributed by atoms with Crippen LogP contribution >= 0.6 is 0 Å². The summed E-state index contributed by atoms with van der Waals surface area (Å²) in [4.78, 5) is 2.38. The number of morpholine rings is 1. The molecule has 1 aromatic rings. The molecular formula is C18H26N2O5S. The van der Waals surface area contributed by atoms with Crippen molar-refractivity contribution in [1.29, 1.82) is 0 Å². The zero-order chi connectivity index (χ0) is 18.8. The summed E-state index contributed by atoms with van der Waals surface area (Å²) < 4.78 is 44.7. The Labute approximate surface area is 155 Å². The summed E-state index contributed by atoms with van der Waals surface area (Å²) in [5.41, 5.74) is 0.874. The maximum absolute atomic E-state index is 12.6. The van der Waals surface area contributed by atoms with Crippen LogP contribution in [0.4, 0.5) is 0 Å². The molecule has 2 aliphatic rings. The maximum Gasteiger partial charge on any atom is 0.399 e. The zero-order valence-electron chi connectivity index (χ0n) is 15.5. The van der Waals surface area contributed by atoms with E-state index in [-0.39, 0.29) is 6.08 Å². The van der Waals surface area contributed by atoms with Gasteiger partial charge in [0.15, 0.2) is 0 Å². The van der Waals surface area contributed by atoms with Gasteiger partial charge >= 0.3 is 6.08 Å². The topological polar surface area (TPSA) is 77.4 Å². The molecule has 0 aromatic heterocycles. The van der Waals surface area contributed by atoms with Crippen LogP contribution in [0.3, 0.4) is 0 Å². The van der Waals surface area contributed by atoms with E-state index in [1.807, 2.05) is 24.3 Å². The number of methoxy groups -OCH3 is 1. The minimum Gasteiger partial charge on any atom is -0.453 e. The quantitative estimate of drug-likeness (QED) is 0.789. The highest BCUT2D eigenvalue weighted by atomic mass is 32.2. The van der Waals surface area contributed by atoms with Crippen molar-refractivity contribution in [2.24, 2.45) is 4.40 Å². The molecule has 7 nitrogen and oxygen atoms in total. The van der Waals surface area contributed by atoms with E-state index in [0.717, 1.165) is 39.3 Å². The molecular weight excluding hydrogens is 356 g/mol. The lowest BCUT2D eigenvalue weighted by atomic mass is 9.96. The molecule has 0 amide bonds. The molecule has 0 aliphatic carbocycles. The Balaban J connectivity index is 1.74. The Morgan fingerprint density at radius 1 is 1.23 bits per heavy atom. The zero-order valence-corrected chi connectivity index (χ0v) is 16.3. The van der Waals surface area contributed by atoms with Gasteiger partial charge in [-0.25, -0.2) is 8.42 Å². The third kappa shape index (κ3) is 4.19. The van der Waals surface area contributed by atoms with Gasteiger partial charge in [-0.2, -0.15) is 0 Å². The summed E-state index contributed by atoms with van der Waals surface area (Å²) in [5.74, 6) is 0. The summed E-state index contributed by atoms with van der Waals surface area (Å²) in [7, 11) is -2.43. The van der Waals surface area contributed by atoms with Crippen LogP contribution in [0.2, 0.25) is 0 Å². The summed E-state index contributed by atoms with van der Waals surface area (Å²) in [6.45, 7) is 7.94. The van der Waals surface area contributed by atoms with E-state index in [1.54, 1.807) is 13.8 Å². The fourth-order valence-electron chi connectivity index (χ4n) is 3.44. The Morgan fingerprint density at radius 3 is 2.46 bits per heavy atom. The van der Waals surface area contributed by atoms with Gasteiger partial charge in [0.1, 0.15) is 10.9 Å². The van der Waals surface area contributed by atoms with Crippen LogP contribution in [0.15, 0.2) is 28.7 Å². The van der Waals surface area contributed by atoms with Gasteiger partial charge in [-0.3, -0.25) is 4.90 Å². The SMILES string of the molecule is COC1=NS(=O)(=O)C(c2ccc(CCN3CCOCC3)cc2)C(C)(C)O1.